The first-order chi connectivity index (χ1) is 6.93. The molecule has 0 fully saturated rings. The second-order valence-corrected chi connectivity index (χ2v) is 5.62. The van der Waals surface area contributed by atoms with Gasteiger partial charge in [0.05, 0.1) is 5.69 Å². The molecule has 1 rings (SSSR count). The fourth-order valence-corrected chi connectivity index (χ4v) is 2.41. The predicted octanol–water partition coefficient (Wildman–Crippen LogP) is 0.865. The third kappa shape index (κ3) is 3.24. The molecule has 0 aromatic carbocycles. The zero-order valence-electron chi connectivity index (χ0n) is 9.01. The Hall–Kier alpha value is -1.01. The summed E-state index contributed by atoms with van der Waals surface area (Å²) in [5.74, 6) is 0. The lowest BCUT2D eigenvalue weighted by atomic mass is 10.3. The number of nitrogens with zero attached hydrogens (tertiary/aromatic N) is 2. The Morgan fingerprint density at radius 3 is 2.40 bits per heavy atom. The van der Waals surface area contributed by atoms with Gasteiger partial charge in [0.2, 0.25) is 10.0 Å². The van der Waals surface area contributed by atoms with Gasteiger partial charge in [-0.15, -0.1) is 0 Å². The quantitative estimate of drug-likeness (QED) is 0.831. The van der Waals surface area contributed by atoms with Crippen LogP contribution in [0.25, 0.3) is 0 Å². The van der Waals surface area contributed by atoms with E-state index in [1.54, 1.807) is 20.8 Å². The Kier molecular flexibility index (Phi) is 3.76. The minimum absolute atomic E-state index is 0.117. The first kappa shape index (κ1) is 12.1. The highest BCUT2D eigenvalue weighted by atomic mass is 32.2. The van der Waals surface area contributed by atoms with Crippen molar-refractivity contribution in [1.29, 1.82) is 0 Å². The fourth-order valence-electron chi connectivity index (χ4n) is 1.11. The molecule has 1 aromatic rings. The smallest absolute Gasteiger partial charge is 0.220 e. The number of nitrogens with one attached hydrogen (secondary N) is 1. The van der Waals surface area contributed by atoms with Crippen LogP contribution >= 0.6 is 0 Å². The SMILES string of the molecule is CC(C)NS(=O)(=O)[C@@H](C)c1cnccn1. The number of aromatic nitrogens is 2. The first-order valence-electron chi connectivity index (χ1n) is 4.70. The molecular formula is C9H15N3O2S. The molecule has 1 atom stereocenters. The molecule has 1 N–H and O–H groups in total. The van der Waals surface area contributed by atoms with Crippen molar-refractivity contribution in [2.45, 2.75) is 32.1 Å². The van der Waals surface area contributed by atoms with Crippen molar-refractivity contribution in [3.63, 3.8) is 0 Å². The molecule has 0 radical (unpaired) electrons. The fraction of sp³-hybridized carbons (Fsp3) is 0.556. The van der Waals surface area contributed by atoms with Crippen LogP contribution in [0, 0.1) is 0 Å². The Bertz CT molecular complexity index is 403. The van der Waals surface area contributed by atoms with Gasteiger partial charge in [-0.2, -0.15) is 0 Å². The molecule has 5 nitrogen and oxygen atoms in total. The van der Waals surface area contributed by atoms with Gasteiger partial charge in [-0.3, -0.25) is 9.97 Å². The van der Waals surface area contributed by atoms with Gasteiger partial charge in [0.15, 0.2) is 0 Å². The average molecular weight is 229 g/mol. The van der Waals surface area contributed by atoms with Gasteiger partial charge in [-0.05, 0) is 20.8 Å². The van der Waals surface area contributed by atoms with Gasteiger partial charge < -0.3 is 0 Å². The van der Waals surface area contributed by atoms with Gasteiger partial charge >= 0.3 is 0 Å². The number of hydrogen-bond donors (Lipinski definition) is 1. The topological polar surface area (TPSA) is 72.0 Å². The molecule has 84 valence electrons. The van der Waals surface area contributed by atoms with Crippen LogP contribution in [-0.2, 0) is 10.0 Å². The van der Waals surface area contributed by atoms with E-state index >= 15 is 0 Å². The van der Waals surface area contributed by atoms with E-state index in [-0.39, 0.29) is 6.04 Å². The van der Waals surface area contributed by atoms with Gasteiger partial charge in [0, 0.05) is 24.6 Å². The Balaban J connectivity index is 2.90. The molecule has 0 spiro atoms. The molecule has 1 heterocycles. The number of hydrogen-bond acceptors (Lipinski definition) is 4. The van der Waals surface area contributed by atoms with Crippen LogP contribution in [0.5, 0.6) is 0 Å². The number of sulfonamides is 1. The average Bonchev–Trinajstić information content (AvgIpc) is 2.16. The van der Waals surface area contributed by atoms with E-state index in [2.05, 4.69) is 14.7 Å². The van der Waals surface area contributed by atoms with E-state index in [0.29, 0.717) is 5.69 Å². The van der Waals surface area contributed by atoms with Crippen molar-refractivity contribution >= 4 is 10.0 Å². The minimum Gasteiger partial charge on any atom is -0.261 e. The molecule has 0 saturated carbocycles. The molecule has 0 aliphatic heterocycles. The van der Waals surface area contributed by atoms with Gasteiger partial charge in [-0.25, -0.2) is 13.1 Å². The summed E-state index contributed by atoms with van der Waals surface area (Å²) in [5.41, 5.74) is 0.450. The highest BCUT2D eigenvalue weighted by Gasteiger charge is 2.24. The maximum absolute atomic E-state index is 11.8. The van der Waals surface area contributed by atoms with Crippen molar-refractivity contribution in [3.05, 3.63) is 24.3 Å². The lowest BCUT2D eigenvalue weighted by molar-refractivity contribution is 0.558. The minimum atomic E-state index is -3.37. The van der Waals surface area contributed by atoms with Gasteiger partial charge in [-0.1, -0.05) is 0 Å². The van der Waals surface area contributed by atoms with Crippen molar-refractivity contribution < 1.29 is 8.42 Å². The molecule has 15 heavy (non-hydrogen) atoms. The maximum Gasteiger partial charge on any atom is 0.220 e. The third-order valence-electron chi connectivity index (χ3n) is 1.87. The van der Waals surface area contributed by atoms with E-state index in [1.807, 2.05) is 0 Å². The molecule has 1 aromatic heterocycles. The van der Waals surface area contributed by atoms with Crippen molar-refractivity contribution in [2.24, 2.45) is 0 Å². The molecule has 0 aliphatic carbocycles. The highest BCUT2D eigenvalue weighted by molar-refractivity contribution is 7.89. The summed E-state index contributed by atoms with van der Waals surface area (Å²) >= 11 is 0. The zero-order valence-corrected chi connectivity index (χ0v) is 9.82. The van der Waals surface area contributed by atoms with Crippen LogP contribution in [0.3, 0.4) is 0 Å². The summed E-state index contributed by atoms with van der Waals surface area (Å²) in [6.45, 7) is 5.15. The lowest BCUT2D eigenvalue weighted by Gasteiger charge is -2.14. The normalized spacial score (nSPS) is 14.1. The van der Waals surface area contributed by atoms with Crippen LogP contribution in [0.4, 0.5) is 0 Å². The van der Waals surface area contributed by atoms with E-state index in [0.717, 1.165) is 0 Å². The van der Waals surface area contributed by atoms with E-state index in [9.17, 15) is 8.42 Å². The second-order valence-electron chi connectivity index (χ2n) is 3.59. The summed E-state index contributed by atoms with van der Waals surface area (Å²) in [7, 11) is -3.37. The van der Waals surface area contributed by atoms with E-state index in [4.69, 9.17) is 0 Å². The molecular weight excluding hydrogens is 214 g/mol. The molecule has 0 saturated heterocycles. The monoisotopic (exact) mass is 229 g/mol. The van der Waals surface area contributed by atoms with Crippen molar-refractivity contribution in [1.82, 2.24) is 14.7 Å². The van der Waals surface area contributed by atoms with Crippen molar-refractivity contribution in [3.8, 4) is 0 Å². The van der Waals surface area contributed by atoms with Crippen LogP contribution in [0.1, 0.15) is 31.7 Å². The summed E-state index contributed by atoms with van der Waals surface area (Å²) in [4.78, 5) is 7.81. The molecule has 6 heteroatoms. The molecule has 0 bridgehead atoms. The predicted molar refractivity (Wildman–Crippen MR) is 57.6 cm³/mol. The van der Waals surface area contributed by atoms with Crippen LogP contribution in [0.2, 0.25) is 0 Å². The van der Waals surface area contributed by atoms with E-state index in [1.165, 1.54) is 18.6 Å². The third-order valence-corrected chi connectivity index (χ3v) is 3.84. The molecule has 0 amide bonds. The Morgan fingerprint density at radius 1 is 1.27 bits per heavy atom. The van der Waals surface area contributed by atoms with Crippen LogP contribution < -0.4 is 4.72 Å². The van der Waals surface area contributed by atoms with E-state index < -0.39 is 15.3 Å². The lowest BCUT2D eigenvalue weighted by Crippen LogP contribution is -2.33. The largest absolute Gasteiger partial charge is 0.261 e. The second kappa shape index (κ2) is 4.67. The van der Waals surface area contributed by atoms with Gasteiger partial charge in [0.1, 0.15) is 5.25 Å². The number of rotatable bonds is 4. The molecule has 0 aliphatic rings. The zero-order chi connectivity index (χ0) is 11.5. The summed E-state index contributed by atoms with van der Waals surface area (Å²) in [6.07, 6.45) is 4.46. The summed E-state index contributed by atoms with van der Waals surface area (Å²) in [6, 6.07) is -0.117. The standard InChI is InChI=1S/C9H15N3O2S/c1-7(2)12-15(13,14)8(3)9-6-10-4-5-11-9/h4-8,12H,1-3H3/t8-/m0/s1. The summed E-state index contributed by atoms with van der Waals surface area (Å²) in [5, 5.41) is -0.686. The van der Waals surface area contributed by atoms with Crippen molar-refractivity contribution in [2.75, 3.05) is 0 Å². The highest BCUT2D eigenvalue weighted by Crippen LogP contribution is 2.17. The molecule has 0 unspecified atom stereocenters. The maximum atomic E-state index is 11.8. The Labute approximate surface area is 90.0 Å². The van der Waals surface area contributed by atoms with Crippen LogP contribution in [0.15, 0.2) is 18.6 Å². The Morgan fingerprint density at radius 2 is 1.93 bits per heavy atom. The van der Waals surface area contributed by atoms with Gasteiger partial charge in [0.25, 0.3) is 0 Å². The summed E-state index contributed by atoms with van der Waals surface area (Å²) < 4.78 is 26.0. The first-order valence-corrected chi connectivity index (χ1v) is 6.25. The van der Waals surface area contributed by atoms with Crippen LogP contribution in [-0.4, -0.2) is 24.4 Å².